The van der Waals surface area contributed by atoms with Crippen LogP contribution in [0.5, 0.6) is 0 Å². The molecule has 0 aliphatic carbocycles. The van der Waals surface area contributed by atoms with Crippen molar-refractivity contribution in [2.75, 3.05) is 0 Å². The summed E-state index contributed by atoms with van der Waals surface area (Å²) in [5.74, 6) is -0.516. The van der Waals surface area contributed by atoms with Crippen molar-refractivity contribution in [2.24, 2.45) is 0 Å². The number of hydrogen-bond acceptors (Lipinski definition) is 1. The second-order valence-corrected chi connectivity index (χ2v) is 10.4. The van der Waals surface area contributed by atoms with Crippen LogP contribution in [0.15, 0.2) is 186 Å². The molecule has 9 rings (SSSR count). The fourth-order valence-electron chi connectivity index (χ4n) is 5.75. The summed E-state index contributed by atoms with van der Waals surface area (Å²) in [6.45, 7) is 0. The summed E-state index contributed by atoms with van der Waals surface area (Å²) in [5.41, 5.74) is -2.72. The molecule has 0 saturated heterocycles. The van der Waals surface area contributed by atoms with E-state index in [1.165, 1.54) is 18.2 Å². The van der Waals surface area contributed by atoms with Crippen LogP contribution in [0.3, 0.4) is 0 Å². The molecule has 0 unspecified atom stereocenters. The first-order valence-corrected chi connectivity index (χ1v) is 14.3. The molecule has 0 saturated carbocycles. The van der Waals surface area contributed by atoms with Gasteiger partial charge in [0.2, 0.25) is 0 Å². The summed E-state index contributed by atoms with van der Waals surface area (Å²) >= 11 is 0. The van der Waals surface area contributed by atoms with Crippen molar-refractivity contribution in [3.63, 3.8) is 0 Å². The van der Waals surface area contributed by atoms with Crippen LogP contribution >= 0.6 is 0 Å². The van der Waals surface area contributed by atoms with E-state index in [1.807, 2.05) is 0 Å². The average molecular weight is 621 g/mol. The van der Waals surface area contributed by atoms with Gasteiger partial charge in [-0.25, -0.2) is 0 Å². The van der Waals surface area contributed by atoms with Crippen molar-refractivity contribution < 1.29 is 34.6 Å². The van der Waals surface area contributed by atoms with Gasteiger partial charge in [-0.15, -0.1) is 0 Å². The molecule has 0 radical (unpaired) electrons. The normalized spacial score (nSPS) is 18.0. The third-order valence-corrected chi connectivity index (χ3v) is 7.77. The lowest BCUT2D eigenvalue weighted by atomic mass is 9.84. The van der Waals surface area contributed by atoms with Crippen molar-refractivity contribution in [3.05, 3.63) is 181 Å². The molecule has 0 fully saturated rings. The summed E-state index contributed by atoms with van der Waals surface area (Å²) in [5, 5.41) is -2.20. The van der Waals surface area contributed by atoms with E-state index < -0.39 is 182 Å². The molecule has 0 amide bonds. The van der Waals surface area contributed by atoms with Crippen LogP contribution in [-0.4, -0.2) is 0 Å². The minimum atomic E-state index is -0.871. The second kappa shape index (κ2) is 11.3. The summed E-state index contributed by atoms with van der Waals surface area (Å²) in [4.78, 5) is 0. The van der Waals surface area contributed by atoms with Gasteiger partial charge in [-0.05, 0) is 67.1 Å². The van der Waals surface area contributed by atoms with Gasteiger partial charge in [-0.1, -0.05) is 169 Å². The Kier molecular flexibility index (Phi) is 3.11. The number of furan rings is 1. The highest BCUT2D eigenvalue weighted by atomic mass is 16.3. The third kappa shape index (κ3) is 4.64. The molecule has 0 bridgehead atoms. The summed E-state index contributed by atoms with van der Waals surface area (Å²) in [7, 11) is 0. The Balaban J connectivity index is 1.59. The zero-order chi connectivity index (χ0) is 50.3. The van der Waals surface area contributed by atoms with Crippen LogP contribution < -0.4 is 0 Å². The monoisotopic (exact) mass is 620 g/mol. The summed E-state index contributed by atoms with van der Waals surface area (Å²) in [6.07, 6.45) is 0. The first-order valence-electron chi connectivity index (χ1n) is 25.3. The van der Waals surface area contributed by atoms with Crippen LogP contribution in [0.4, 0.5) is 0 Å². The SMILES string of the molecule is [2H]c1c([2H])c([2H])c(-c2ccc3c(-c4c5c([2H])c([2H])c([2H])c([2H])c5c(-c5c([2H])c([2H])c([2H])c([2H])c5[2H])c5c([2H])c([2H])c([2H])c([2H])c45)c(-c4c([2H])c([2H])c(-c5ccccc5)c([2H])c4[2H])oc3c2)c([2H])c1[2H]. The molecule has 0 aliphatic heterocycles. The Bertz CT molecular complexity index is 3640. The highest BCUT2D eigenvalue weighted by molar-refractivity contribution is 6.25. The van der Waals surface area contributed by atoms with Crippen LogP contribution in [-0.2, 0) is 0 Å². The van der Waals surface area contributed by atoms with E-state index in [0.29, 0.717) is 5.56 Å². The van der Waals surface area contributed by atoms with Crippen molar-refractivity contribution >= 4 is 32.5 Å². The number of hydrogen-bond donors (Lipinski definition) is 0. The molecule has 1 heteroatoms. The lowest BCUT2D eigenvalue weighted by Gasteiger charge is -2.18. The molecule has 220 valence electrons. The molecule has 0 atom stereocenters. The Morgan fingerprint density at radius 2 is 0.851 bits per heavy atom. The van der Waals surface area contributed by atoms with Gasteiger partial charge >= 0.3 is 0 Å². The first-order chi connectivity index (χ1) is 32.5. The van der Waals surface area contributed by atoms with Crippen molar-refractivity contribution in [1.29, 1.82) is 0 Å². The van der Waals surface area contributed by atoms with Gasteiger partial charge in [-0.3, -0.25) is 0 Å². The van der Waals surface area contributed by atoms with E-state index in [9.17, 15) is 11.0 Å². The van der Waals surface area contributed by atoms with Gasteiger partial charge in [0, 0.05) is 22.1 Å². The van der Waals surface area contributed by atoms with Gasteiger partial charge in [-0.2, -0.15) is 0 Å². The highest BCUT2D eigenvalue weighted by Gasteiger charge is 2.24. The first kappa shape index (κ1) is 12.9. The number of fused-ring (bicyclic) bond motifs is 3. The lowest BCUT2D eigenvalue weighted by Crippen LogP contribution is -1.91. The Hall–Kier alpha value is -6.18. The second-order valence-electron chi connectivity index (χ2n) is 10.4. The van der Waals surface area contributed by atoms with Crippen LogP contribution in [0, 0.1) is 0 Å². The smallest absolute Gasteiger partial charge is 0.143 e. The molecular weight excluding hydrogens is 569 g/mol. The molecule has 47 heavy (non-hydrogen) atoms. The Morgan fingerprint density at radius 3 is 1.47 bits per heavy atom. The van der Waals surface area contributed by atoms with Crippen LogP contribution in [0.2, 0.25) is 0 Å². The van der Waals surface area contributed by atoms with E-state index in [1.54, 1.807) is 30.3 Å². The Morgan fingerprint density at radius 1 is 0.340 bits per heavy atom. The van der Waals surface area contributed by atoms with E-state index in [-0.39, 0.29) is 33.2 Å². The molecule has 0 aliphatic rings. The maximum Gasteiger partial charge on any atom is 0.143 e. The fraction of sp³-hybridized carbons (Fsp3) is 0. The minimum absolute atomic E-state index is 0.000386. The number of rotatable bonds is 5. The van der Waals surface area contributed by atoms with Crippen molar-refractivity contribution in [3.8, 4) is 55.8 Å². The van der Waals surface area contributed by atoms with Gasteiger partial charge in [0.05, 0.1) is 30.2 Å². The van der Waals surface area contributed by atoms with Gasteiger partial charge in [0.25, 0.3) is 0 Å². The van der Waals surface area contributed by atoms with Crippen LogP contribution in [0.25, 0.3) is 88.3 Å². The molecular formula is C46H30O. The zero-order valence-electron chi connectivity index (χ0n) is 46.0. The van der Waals surface area contributed by atoms with Gasteiger partial charge < -0.3 is 4.42 Å². The zero-order valence-corrected chi connectivity index (χ0v) is 24.0. The molecule has 9 aromatic rings. The molecule has 1 heterocycles. The third-order valence-electron chi connectivity index (χ3n) is 7.77. The summed E-state index contributed by atoms with van der Waals surface area (Å²) in [6, 6.07) is -4.67. The topological polar surface area (TPSA) is 13.1 Å². The molecule has 0 N–H and O–H groups in total. The van der Waals surface area contributed by atoms with Crippen molar-refractivity contribution in [1.82, 2.24) is 0 Å². The molecule has 1 nitrogen and oxygen atoms in total. The van der Waals surface area contributed by atoms with E-state index in [0.717, 1.165) is 0 Å². The molecule has 0 spiro atoms. The average Bonchev–Trinajstić information content (AvgIpc) is 3.70. The van der Waals surface area contributed by atoms with Gasteiger partial charge in [0.1, 0.15) is 11.3 Å². The standard InChI is InChI=1S/C46H30O/c1-4-14-31(15-5-1)33-24-26-35(27-25-33)46-45(41-29-28-36(30-42(41)47-46)32-16-6-2-7-17-32)44-39-22-12-10-20-37(39)43(34-18-8-3-9-19-34)38-21-11-13-23-40(38)44/h1-30H/i2D,3D,6D,7D,8D,9D,10D,11D,12D,13D,16D,17D,18D,19D,20D,21D,22D,23D,24D,25D,26D,27D. The lowest BCUT2D eigenvalue weighted by molar-refractivity contribution is 0.632. The Labute approximate surface area is 304 Å². The van der Waals surface area contributed by atoms with Gasteiger partial charge in [0.15, 0.2) is 0 Å². The maximum absolute atomic E-state index is 9.52. The minimum Gasteiger partial charge on any atom is -0.455 e. The largest absolute Gasteiger partial charge is 0.455 e. The van der Waals surface area contributed by atoms with Crippen molar-refractivity contribution in [2.45, 2.75) is 0 Å². The quantitative estimate of drug-likeness (QED) is 0.174. The maximum atomic E-state index is 9.52. The fourth-order valence-corrected chi connectivity index (χ4v) is 5.75. The molecule has 8 aromatic carbocycles. The molecule has 1 aromatic heterocycles. The van der Waals surface area contributed by atoms with E-state index in [2.05, 4.69) is 0 Å². The number of benzene rings is 8. The predicted octanol–water partition coefficient (Wildman–Crippen LogP) is 13.1. The van der Waals surface area contributed by atoms with Crippen LogP contribution in [0.1, 0.15) is 30.2 Å². The predicted molar refractivity (Wildman–Crippen MR) is 198 cm³/mol. The highest BCUT2D eigenvalue weighted by Crippen LogP contribution is 2.50. The van der Waals surface area contributed by atoms with E-state index in [4.69, 9.17) is 23.6 Å². The summed E-state index contributed by atoms with van der Waals surface area (Å²) < 4.78 is 203. The van der Waals surface area contributed by atoms with E-state index >= 15 is 0 Å².